The van der Waals surface area contributed by atoms with E-state index in [4.69, 9.17) is 27.3 Å². The summed E-state index contributed by atoms with van der Waals surface area (Å²) in [5.41, 5.74) is 7.07. The average molecular weight is 300 g/mol. The molecule has 0 aliphatic carbocycles. The summed E-state index contributed by atoms with van der Waals surface area (Å²) in [5.74, 6) is 0.00203. The number of rotatable bonds is 3. The first-order chi connectivity index (χ1) is 9.55. The summed E-state index contributed by atoms with van der Waals surface area (Å²) in [6.07, 6.45) is -0.272. The largest absolute Gasteiger partial charge is 0.409 e. The van der Waals surface area contributed by atoms with E-state index in [-0.39, 0.29) is 24.7 Å². The number of benzene rings is 1. The van der Waals surface area contributed by atoms with Gasteiger partial charge in [-0.15, -0.1) is 0 Å². The molecule has 110 valence electrons. The van der Waals surface area contributed by atoms with Crippen LogP contribution in [0.15, 0.2) is 23.4 Å². The zero-order chi connectivity index (χ0) is 14.7. The third kappa shape index (κ3) is 3.15. The highest BCUT2D eigenvalue weighted by Gasteiger charge is 2.26. The topological polar surface area (TPSA) is 91.3 Å². The van der Waals surface area contributed by atoms with Gasteiger partial charge in [-0.3, -0.25) is 0 Å². The number of ether oxygens (including phenoxy) is 1. The van der Waals surface area contributed by atoms with Crippen LogP contribution in [0.1, 0.15) is 12.5 Å². The predicted molar refractivity (Wildman–Crippen MR) is 77.6 cm³/mol. The van der Waals surface area contributed by atoms with E-state index in [0.717, 1.165) is 5.69 Å². The Morgan fingerprint density at radius 3 is 2.95 bits per heavy atom. The molecule has 1 heterocycles. The van der Waals surface area contributed by atoms with Crippen LogP contribution in [0.25, 0.3) is 0 Å². The SMILES string of the molecule is CC1CN(c2ccc(Cl)cc2/C(N)=N/O)CC(CO)O1. The number of nitrogens with zero attached hydrogens (tertiary/aromatic N) is 2. The van der Waals surface area contributed by atoms with Gasteiger partial charge in [0.25, 0.3) is 0 Å². The zero-order valence-electron chi connectivity index (χ0n) is 11.2. The van der Waals surface area contributed by atoms with Gasteiger partial charge in [0.05, 0.1) is 18.8 Å². The summed E-state index contributed by atoms with van der Waals surface area (Å²) in [6.45, 7) is 3.08. The van der Waals surface area contributed by atoms with Crippen molar-refractivity contribution in [3.8, 4) is 0 Å². The van der Waals surface area contributed by atoms with Gasteiger partial charge in [-0.2, -0.15) is 0 Å². The van der Waals surface area contributed by atoms with Crippen LogP contribution in [0.3, 0.4) is 0 Å². The highest BCUT2D eigenvalue weighted by Crippen LogP contribution is 2.27. The summed E-state index contributed by atoms with van der Waals surface area (Å²) < 4.78 is 5.61. The van der Waals surface area contributed by atoms with Crippen molar-refractivity contribution in [3.05, 3.63) is 28.8 Å². The molecule has 7 heteroatoms. The molecule has 1 fully saturated rings. The van der Waals surface area contributed by atoms with E-state index in [0.29, 0.717) is 23.7 Å². The lowest BCUT2D eigenvalue weighted by molar-refractivity contribution is -0.0421. The Morgan fingerprint density at radius 1 is 1.55 bits per heavy atom. The number of aliphatic hydroxyl groups is 1. The normalized spacial score (nSPS) is 23.9. The van der Waals surface area contributed by atoms with Crippen LogP contribution in [0, 0.1) is 0 Å². The second-order valence-electron chi connectivity index (χ2n) is 4.80. The number of oxime groups is 1. The van der Waals surface area contributed by atoms with E-state index in [9.17, 15) is 5.11 Å². The van der Waals surface area contributed by atoms with Crippen LogP contribution in [0.4, 0.5) is 5.69 Å². The first-order valence-electron chi connectivity index (χ1n) is 6.34. The Balaban J connectivity index is 2.36. The van der Waals surface area contributed by atoms with Crippen LogP contribution in [0.2, 0.25) is 5.02 Å². The maximum Gasteiger partial charge on any atom is 0.172 e. The maximum atomic E-state index is 9.28. The van der Waals surface area contributed by atoms with Gasteiger partial charge < -0.3 is 25.7 Å². The second kappa shape index (κ2) is 6.30. The summed E-state index contributed by atoms with van der Waals surface area (Å²) in [4.78, 5) is 2.04. The third-order valence-electron chi connectivity index (χ3n) is 3.21. The van der Waals surface area contributed by atoms with Crippen molar-refractivity contribution in [1.82, 2.24) is 0 Å². The quantitative estimate of drug-likeness (QED) is 0.335. The van der Waals surface area contributed by atoms with Gasteiger partial charge in [0.1, 0.15) is 0 Å². The van der Waals surface area contributed by atoms with Gasteiger partial charge in [0, 0.05) is 29.4 Å². The predicted octanol–water partition coefficient (Wildman–Crippen LogP) is 1.02. The molecule has 2 unspecified atom stereocenters. The lowest BCUT2D eigenvalue weighted by atomic mass is 10.1. The number of amidine groups is 1. The molecule has 1 aromatic carbocycles. The van der Waals surface area contributed by atoms with Crippen molar-refractivity contribution in [2.24, 2.45) is 10.9 Å². The molecule has 1 aliphatic heterocycles. The fourth-order valence-electron chi connectivity index (χ4n) is 2.39. The van der Waals surface area contributed by atoms with Gasteiger partial charge in [-0.05, 0) is 25.1 Å². The lowest BCUT2D eigenvalue weighted by Gasteiger charge is -2.38. The van der Waals surface area contributed by atoms with E-state index < -0.39 is 0 Å². The molecule has 2 rings (SSSR count). The lowest BCUT2D eigenvalue weighted by Crippen LogP contribution is -2.48. The van der Waals surface area contributed by atoms with E-state index in [1.54, 1.807) is 12.1 Å². The molecule has 1 aliphatic rings. The van der Waals surface area contributed by atoms with E-state index in [1.165, 1.54) is 0 Å². The first kappa shape index (κ1) is 14.9. The smallest absolute Gasteiger partial charge is 0.172 e. The Hall–Kier alpha value is -1.50. The molecule has 0 aromatic heterocycles. The molecule has 4 N–H and O–H groups in total. The second-order valence-corrected chi connectivity index (χ2v) is 5.24. The van der Waals surface area contributed by atoms with Crippen molar-refractivity contribution in [1.29, 1.82) is 0 Å². The Morgan fingerprint density at radius 2 is 2.30 bits per heavy atom. The third-order valence-corrected chi connectivity index (χ3v) is 3.45. The van der Waals surface area contributed by atoms with Crippen LogP contribution in [-0.2, 0) is 4.74 Å². The molecule has 0 radical (unpaired) electrons. The number of anilines is 1. The first-order valence-corrected chi connectivity index (χ1v) is 6.71. The average Bonchev–Trinajstić information content (AvgIpc) is 2.45. The number of halogens is 1. The summed E-state index contributed by atoms with van der Waals surface area (Å²) in [7, 11) is 0. The van der Waals surface area contributed by atoms with Gasteiger partial charge in [0.2, 0.25) is 0 Å². The molecule has 0 spiro atoms. The summed E-state index contributed by atoms with van der Waals surface area (Å²) in [5, 5.41) is 21.7. The maximum absolute atomic E-state index is 9.28. The monoisotopic (exact) mass is 299 g/mol. The molecule has 0 bridgehead atoms. The van der Waals surface area contributed by atoms with E-state index in [2.05, 4.69) is 5.16 Å². The minimum Gasteiger partial charge on any atom is -0.409 e. The van der Waals surface area contributed by atoms with E-state index in [1.807, 2.05) is 17.9 Å². The van der Waals surface area contributed by atoms with Gasteiger partial charge >= 0.3 is 0 Å². The molecule has 20 heavy (non-hydrogen) atoms. The Kier molecular flexibility index (Phi) is 4.69. The fourth-order valence-corrected chi connectivity index (χ4v) is 2.56. The molecular weight excluding hydrogens is 282 g/mol. The van der Waals surface area contributed by atoms with Crippen LogP contribution < -0.4 is 10.6 Å². The van der Waals surface area contributed by atoms with Gasteiger partial charge in [0.15, 0.2) is 5.84 Å². The Bertz CT molecular complexity index is 510. The fraction of sp³-hybridized carbons (Fsp3) is 0.462. The number of hydrogen-bond acceptors (Lipinski definition) is 5. The minimum atomic E-state index is -0.255. The highest BCUT2D eigenvalue weighted by molar-refractivity contribution is 6.31. The molecule has 0 amide bonds. The van der Waals surface area contributed by atoms with Crippen molar-refractivity contribution >= 4 is 23.1 Å². The van der Waals surface area contributed by atoms with Crippen molar-refractivity contribution in [3.63, 3.8) is 0 Å². The number of aliphatic hydroxyl groups excluding tert-OH is 1. The number of nitrogens with two attached hydrogens (primary N) is 1. The summed E-state index contributed by atoms with van der Waals surface area (Å²) >= 11 is 5.97. The molecule has 1 saturated heterocycles. The van der Waals surface area contributed by atoms with Crippen molar-refractivity contribution in [2.75, 3.05) is 24.6 Å². The van der Waals surface area contributed by atoms with Gasteiger partial charge in [-0.1, -0.05) is 16.8 Å². The molecule has 6 nitrogen and oxygen atoms in total. The van der Waals surface area contributed by atoms with Crippen LogP contribution in [0.5, 0.6) is 0 Å². The molecular formula is C13H18ClN3O3. The van der Waals surface area contributed by atoms with Crippen LogP contribution in [-0.4, -0.2) is 48.1 Å². The Labute approximate surface area is 122 Å². The van der Waals surface area contributed by atoms with Crippen molar-refractivity contribution < 1.29 is 15.1 Å². The zero-order valence-corrected chi connectivity index (χ0v) is 11.9. The van der Waals surface area contributed by atoms with Crippen LogP contribution >= 0.6 is 11.6 Å². The highest BCUT2D eigenvalue weighted by atomic mass is 35.5. The van der Waals surface area contributed by atoms with Gasteiger partial charge in [-0.25, -0.2) is 0 Å². The number of hydrogen-bond donors (Lipinski definition) is 3. The summed E-state index contributed by atoms with van der Waals surface area (Å²) in [6, 6.07) is 5.22. The molecule has 2 atom stereocenters. The molecule has 0 saturated carbocycles. The van der Waals surface area contributed by atoms with Crippen molar-refractivity contribution in [2.45, 2.75) is 19.1 Å². The standard InChI is InChI=1S/C13H18ClN3O3/c1-8-5-17(6-10(7-18)20-8)12-3-2-9(14)4-11(12)13(15)16-19/h2-4,8,10,18-19H,5-7H2,1H3,(H2,15,16). The van der Waals surface area contributed by atoms with E-state index >= 15 is 0 Å². The molecule has 1 aromatic rings. The number of morpholine rings is 1. The minimum absolute atomic E-state index is 0.00203.